The molecule has 0 saturated heterocycles. The lowest BCUT2D eigenvalue weighted by atomic mass is 10.1. The molecule has 2 amide bonds. The van der Waals surface area contributed by atoms with Crippen molar-refractivity contribution in [3.63, 3.8) is 0 Å². The lowest BCUT2D eigenvalue weighted by molar-refractivity contribution is -0.123. The van der Waals surface area contributed by atoms with Crippen molar-refractivity contribution >= 4 is 23.6 Å². The van der Waals surface area contributed by atoms with E-state index in [4.69, 9.17) is 4.74 Å². The number of aryl methyl sites for hydroxylation is 1. The van der Waals surface area contributed by atoms with E-state index in [-0.39, 0.29) is 11.8 Å². The van der Waals surface area contributed by atoms with E-state index in [1.807, 2.05) is 31.4 Å². The molecular formula is C16H24N2O3S. The molecule has 0 fully saturated rings. The predicted molar refractivity (Wildman–Crippen MR) is 90.3 cm³/mol. The van der Waals surface area contributed by atoms with Crippen LogP contribution < -0.4 is 10.6 Å². The van der Waals surface area contributed by atoms with Crippen molar-refractivity contribution in [1.82, 2.24) is 10.6 Å². The molecule has 0 aliphatic heterocycles. The van der Waals surface area contributed by atoms with E-state index in [0.29, 0.717) is 25.1 Å². The Bertz CT molecular complexity index is 494. The number of hydrogen-bond acceptors (Lipinski definition) is 4. The molecule has 0 heterocycles. The van der Waals surface area contributed by atoms with Crippen LogP contribution in [0, 0.1) is 6.92 Å². The van der Waals surface area contributed by atoms with E-state index in [1.165, 1.54) is 0 Å². The van der Waals surface area contributed by atoms with Gasteiger partial charge in [-0.1, -0.05) is 17.7 Å². The second-order valence-corrected chi connectivity index (χ2v) is 5.95. The lowest BCUT2D eigenvalue weighted by Gasteiger charge is -2.18. The Morgan fingerprint density at radius 3 is 2.77 bits per heavy atom. The van der Waals surface area contributed by atoms with Crippen LogP contribution in [-0.4, -0.2) is 50.1 Å². The smallest absolute Gasteiger partial charge is 0.251 e. The minimum absolute atomic E-state index is 0.174. The summed E-state index contributed by atoms with van der Waals surface area (Å²) in [5.74, 6) is 0.403. The normalized spacial score (nSPS) is 11.8. The van der Waals surface area contributed by atoms with Crippen molar-refractivity contribution in [3.05, 3.63) is 35.4 Å². The molecule has 0 saturated carbocycles. The second kappa shape index (κ2) is 10.2. The van der Waals surface area contributed by atoms with Gasteiger partial charge in [-0.25, -0.2) is 0 Å². The van der Waals surface area contributed by atoms with Crippen LogP contribution >= 0.6 is 11.8 Å². The summed E-state index contributed by atoms with van der Waals surface area (Å²) in [4.78, 5) is 24.4. The Labute approximate surface area is 136 Å². The van der Waals surface area contributed by atoms with Crippen LogP contribution in [0.4, 0.5) is 0 Å². The first-order chi connectivity index (χ1) is 10.6. The number of nitrogens with one attached hydrogen (secondary N) is 2. The monoisotopic (exact) mass is 324 g/mol. The zero-order valence-electron chi connectivity index (χ0n) is 13.3. The molecule has 0 aliphatic rings. The maximum absolute atomic E-state index is 12.3. The van der Waals surface area contributed by atoms with Crippen LogP contribution in [0.5, 0.6) is 0 Å². The number of benzene rings is 1. The highest BCUT2D eigenvalue weighted by atomic mass is 32.2. The number of hydrogen-bond donors (Lipinski definition) is 2. The van der Waals surface area contributed by atoms with Gasteiger partial charge in [-0.2, -0.15) is 11.8 Å². The number of amides is 2. The Balaban J connectivity index is 2.66. The van der Waals surface area contributed by atoms with E-state index in [9.17, 15) is 9.59 Å². The quantitative estimate of drug-likeness (QED) is 0.677. The zero-order valence-corrected chi connectivity index (χ0v) is 14.2. The summed E-state index contributed by atoms with van der Waals surface area (Å²) in [7, 11) is 1.58. The number of thioether (sulfide) groups is 1. The van der Waals surface area contributed by atoms with Crippen LogP contribution in [0.25, 0.3) is 0 Å². The molecule has 0 aliphatic carbocycles. The standard InChI is InChI=1S/C16H24N2O3S/c1-12-5-4-6-13(11-12)15(19)18-14(7-10-22-3)16(20)17-8-9-21-2/h4-6,11,14H,7-10H2,1-3H3,(H,17,20)(H,18,19). The highest BCUT2D eigenvalue weighted by Gasteiger charge is 2.20. The molecule has 2 N–H and O–H groups in total. The van der Waals surface area contributed by atoms with Crippen molar-refractivity contribution in [2.45, 2.75) is 19.4 Å². The van der Waals surface area contributed by atoms with Crippen molar-refractivity contribution in [2.75, 3.05) is 32.3 Å². The molecule has 5 nitrogen and oxygen atoms in total. The molecule has 0 aromatic heterocycles. The fourth-order valence-electron chi connectivity index (χ4n) is 1.93. The Morgan fingerprint density at radius 2 is 2.14 bits per heavy atom. The Kier molecular flexibility index (Phi) is 8.62. The van der Waals surface area contributed by atoms with Gasteiger partial charge in [0.25, 0.3) is 5.91 Å². The summed E-state index contributed by atoms with van der Waals surface area (Å²) < 4.78 is 4.91. The van der Waals surface area contributed by atoms with Crippen molar-refractivity contribution < 1.29 is 14.3 Å². The fourth-order valence-corrected chi connectivity index (χ4v) is 2.40. The van der Waals surface area contributed by atoms with E-state index >= 15 is 0 Å². The average Bonchev–Trinajstić information content (AvgIpc) is 2.51. The number of rotatable bonds is 9. The Hall–Kier alpha value is -1.53. The maximum Gasteiger partial charge on any atom is 0.251 e. The summed E-state index contributed by atoms with van der Waals surface area (Å²) in [5.41, 5.74) is 1.58. The average molecular weight is 324 g/mol. The Morgan fingerprint density at radius 1 is 1.36 bits per heavy atom. The number of methoxy groups -OCH3 is 1. The van der Waals surface area contributed by atoms with Crippen LogP contribution in [0.15, 0.2) is 24.3 Å². The third-order valence-corrected chi connectivity index (χ3v) is 3.76. The first-order valence-electron chi connectivity index (χ1n) is 7.21. The first-order valence-corrected chi connectivity index (χ1v) is 8.61. The van der Waals surface area contributed by atoms with Gasteiger partial charge < -0.3 is 15.4 Å². The largest absolute Gasteiger partial charge is 0.383 e. The van der Waals surface area contributed by atoms with Crippen molar-refractivity contribution in [1.29, 1.82) is 0 Å². The highest BCUT2D eigenvalue weighted by molar-refractivity contribution is 7.98. The van der Waals surface area contributed by atoms with Crippen molar-refractivity contribution in [2.24, 2.45) is 0 Å². The topological polar surface area (TPSA) is 67.4 Å². The number of ether oxygens (including phenoxy) is 1. The maximum atomic E-state index is 12.3. The number of carbonyl (C=O) groups is 2. The van der Waals surface area contributed by atoms with Gasteiger partial charge in [0.05, 0.1) is 6.61 Å². The molecule has 1 aromatic carbocycles. The summed E-state index contributed by atoms with van der Waals surface area (Å²) in [6.45, 7) is 2.82. The fraction of sp³-hybridized carbons (Fsp3) is 0.500. The molecular weight excluding hydrogens is 300 g/mol. The van der Waals surface area contributed by atoms with E-state index < -0.39 is 6.04 Å². The molecule has 122 valence electrons. The van der Waals surface area contributed by atoms with Crippen LogP contribution in [0.3, 0.4) is 0 Å². The summed E-state index contributed by atoms with van der Waals surface area (Å²) >= 11 is 1.65. The lowest BCUT2D eigenvalue weighted by Crippen LogP contribution is -2.47. The minimum Gasteiger partial charge on any atom is -0.383 e. The van der Waals surface area contributed by atoms with Gasteiger partial charge in [0.1, 0.15) is 6.04 Å². The van der Waals surface area contributed by atoms with Crippen molar-refractivity contribution in [3.8, 4) is 0 Å². The van der Waals surface area contributed by atoms with Gasteiger partial charge in [0, 0.05) is 19.2 Å². The minimum atomic E-state index is -0.530. The zero-order chi connectivity index (χ0) is 16.4. The van der Waals surface area contributed by atoms with Crippen LogP contribution in [0.2, 0.25) is 0 Å². The van der Waals surface area contributed by atoms with Gasteiger partial charge >= 0.3 is 0 Å². The van der Waals surface area contributed by atoms with E-state index in [0.717, 1.165) is 11.3 Å². The molecule has 1 rings (SSSR count). The molecule has 6 heteroatoms. The van der Waals surface area contributed by atoms with Gasteiger partial charge in [0.15, 0.2) is 0 Å². The summed E-state index contributed by atoms with van der Waals surface area (Å²) in [6.07, 6.45) is 2.57. The van der Waals surface area contributed by atoms with Crippen LogP contribution in [-0.2, 0) is 9.53 Å². The summed E-state index contributed by atoms with van der Waals surface area (Å²) in [6, 6.07) is 6.79. The molecule has 22 heavy (non-hydrogen) atoms. The SMILES string of the molecule is COCCNC(=O)C(CCSC)NC(=O)c1cccc(C)c1. The third-order valence-electron chi connectivity index (χ3n) is 3.12. The molecule has 0 spiro atoms. The second-order valence-electron chi connectivity index (χ2n) is 4.96. The van der Waals surface area contributed by atoms with Crippen LogP contribution in [0.1, 0.15) is 22.3 Å². The molecule has 1 atom stereocenters. The molecule has 0 radical (unpaired) electrons. The highest BCUT2D eigenvalue weighted by Crippen LogP contribution is 2.06. The van der Waals surface area contributed by atoms with E-state index in [1.54, 1.807) is 24.9 Å². The molecule has 1 unspecified atom stereocenters. The van der Waals surface area contributed by atoms with E-state index in [2.05, 4.69) is 10.6 Å². The summed E-state index contributed by atoms with van der Waals surface area (Å²) in [5, 5.41) is 5.59. The first kappa shape index (κ1) is 18.5. The van der Waals surface area contributed by atoms with Gasteiger partial charge in [0.2, 0.25) is 5.91 Å². The third kappa shape index (κ3) is 6.49. The molecule has 0 bridgehead atoms. The van der Waals surface area contributed by atoms with Gasteiger partial charge in [-0.05, 0) is 37.5 Å². The predicted octanol–water partition coefficient (Wildman–Crippen LogP) is 1.61. The molecule has 1 aromatic rings. The van der Waals surface area contributed by atoms with Gasteiger partial charge in [-0.15, -0.1) is 0 Å². The van der Waals surface area contributed by atoms with Gasteiger partial charge in [-0.3, -0.25) is 9.59 Å². The number of carbonyl (C=O) groups excluding carboxylic acids is 2.